The highest BCUT2D eigenvalue weighted by Gasteiger charge is 2.29. The summed E-state index contributed by atoms with van der Waals surface area (Å²) in [4.78, 5) is 2.64. The van der Waals surface area contributed by atoms with Crippen LogP contribution in [0.3, 0.4) is 0 Å². The summed E-state index contributed by atoms with van der Waals surface area (Å²) >= 11 is 0. The van der Waals surface area contributed by atoms with Gasteiger partial charge in [-0.1, -0.05) is 13.8 Å². The van der Waals surface area contributed by atoms with E-state index in [-0.39, 0.29) is 0 Å². The minimum atomic E-state index is 0.532. The second-order valence-electron chi connectivity index (χ2n) is 5.41. The minimum Gasteiger partial charge on any atom is -0.383 e. The molecule has 1 heterocycles. The van der Waals surface area contributed by atoms with Crippen LogP contribution in [0.2, 0.25) is 0 Å². The number of hydrogen-bond donors (Lipinski definition) is 1. The van der Waals surface area contributed by atoms with E-state index >= 15 is 0 Å². The van der Waals surface area contributed by atoms with Gasteiger partial charge in [0.15, 0.2) is 0 Å². The molecule has 3 atom stereocenters. The van der Waals surface area contributed by atoms with Crippen molar-refractivity contribution in [3.8, 4) is 0 Å². The Hall–Kier alpha value is -0.120. The van der Waals surface area contributed by atoms with Crippen molar-refractivity contribution in [3.63, 3.8) is 0 Å². The highest BCUT2D eigenvalue weighted by atomic mass is 16.5. The Balaban J connectivity index is 2.48. The quantitative estimate of drug-likeness (QED) is 0.692. The molecule has 1 aliphatic heterocycles. The summed E-state index contributed by atoms with van der Waals surface area (Å²) in [5.41, 5.74) is 0. The van der Waals surface area contributed by atoms with Gasteiger partial charge < -0.3 is 10.1 Å². The maximum absolute atomic E-state index is 5.39. The average molecular weight is 242 g/mol. The zero-order chi connectivity index (χ0) is 12.7. The van der Waals surface area contributed by atoms with E-state index < -0.39 is 0 Å². The maximum Gasteiger partial charge on any atom is 0.0630 e. The van der Waals surface area contributed by atoms with Gasteiger partial charge in [-0.3, -0.25) is 4.90 Å². The standard InChI is InChI=1S/C14H30N2O/c1-5-8-15-10-14(11-17-4)16-9-6-7-12(2)13(16)3/h12-15H,5-11H2,1-4H3. The second kappa shape index (κ2) is 8.06. The van der Waals surface area contributed by atoms with Crippen LogP contribution >= 0.6 is 0 Å². The zero-order valence-corrected chi connectivity index (χ0v) is 12.0. The Morgan fingerprint density at radius 2 is 2.18 bits per heavy atom. The smallest absolute Gasteiger partial charge is 0.0630 e. The van der Waals surface area contributed by atoms with Crippen LogP contribution in [0.1, 0.15) is 40.0 Å². The van der Waals surface area contributed by atoms with Crippen molar-refractivity contribution in [2.75, 3.05) is 33.4 Å². The number of piperidine rings is 1. The lowest BCUT2D eigenvalue weighted by Crippen LogP contribution is -2.53. The monoisotopic (exact) mass is 242 g/mol. The van der Waals surface area contributed by atoms with E-state index in [2.05, 4.69) is 31.0 Å². The lowest BCUT2D eigenvalue weighted by molar-refractivity contribution is 0.0253. The van der Waals surface area contributed by atoms with Crippen molar-refractivity contribution in [2.45, 2.75) is 52.1 Å². The van der Waals surface area contributed by atoms with Gasteiger partial charge in [0.1, 0.15) is 0 Å². The number of rotatable bonds is 7. The molecule has 0 aliphatic carbocycles. The summed E-state index contributed by atoms with van der Waals surface area (Å²) in [5, 5.41) is 3.53. The third-order valence-corrected chi connectivity index (χ3v) is 4.06. The fraction of sp³-hybridized carbons (Fsp3) is 1.00. The van der Waals surface area contributed by atoms with Gasteiger partial charge in [-0.15, -0.1) is 0 Å². The molecular weight excluding hydrogens is 212 g/mol. The Morgan fingerprint density at radius 1 is 1.41 bits per heavy atom. The van der Waals surface area contributed by atoms with E-state index in [0.29, 0.717) is 12.1 Å². The molecule has 0 aromatic heterocycles. The molecule has 17 heavy (non-hydrogen) atoms. The summed E-state index contributed by atoms with van der Waals surface area (Å²) in [6.07, 6.45) is 3.91. The van der Waals surface area contributed by atoms with Crippen LogP contribution < -0.4 is 5.32 Å². The van der Waals surface area contributed by atoms with Gasteiger partial charge in [0.25, 0.3) is 0 Å². The molecule has 1 fully saturated rings. The normalized spacial score (nSPS) is 28.2. The van der Waals surface area contributed by atoms with Crippen molar-refractivity contribution in [2.24, 2.45) is 5.92 Å². The van der Waals surface area contributed by atoms with Crippen molar-refractivity contribution >= 4 is 0 Å². The van der Waals surface area contributed by atoms with Crippen LogP contribution in [0.15, 0.2) is 0 Å². The number of hydrogen-bond acceptors (Lipinski definition) is 3. The molecule has 0 spiro atoms. The van der Waals surface area contributed by atoms with Gasteiger partial charge in [0, 0.05) is 25.7 Å². The summed E-state index contributed by atoms with van der Waals surface area (Å²) < 4.78 is 5.39. The SMILES string of the molecule is CCCNCC(COC)N1CCCC(C)C1C. The average Bonchev–Trinajstić information content (AvgIpc) is 2.32. The Bertz CT molecular complexity index is 199. The third kappa shape index (κ3) is 4.57. The molecule has 3 heteroatoms. The highest BCUT2D eigenvalue weighted by molar-refractivity contribution is 4.85. The van der Waals surface area contributed by atoms with E-state index in [1.165, 1.54) is 25.8 Å². The van der Waals surface area contributed by atoms with Gasteiger partial charge in [-0.2, -0.15) is 0 Å². The molecule has 0 aromatic carbocycles. The van der Waals surface area contributed by atoms with Gasteiger partial charge in [0.2, 0.25) is 0 Å². The van der Waals surface area contributed by atoms with Crippen LogP contribution in [0.5, 0.6) is 0 Å². The van der Waals surface area contributed by atoms with Gasteiger partial charge in [0.05, 0.1) is 6.61 Å². The van der Waals surface area contributed by atoms with E-state index in [4.69, 9.17) is 4.74 Å². The van der Waals surface area contributed by atoms with Gasteiger partial charge in [-0.05, 0) is 45.2 Å². The third-order valence-electron chi connectivity index (χ3n) is 4.06. The highest BCUT2D eigenvalue weighted by Crippen LogP contribution is 2.24. The van der Waals surface area contributed by atoms with Crippen molar-refractivity contribution in [3.05, 3.63) is 0 Å². The predicted octanol–water partition coefficient (Wildman–Crippen LogP) is 2.12. The van der Waals surface area contributed by atoms with Crippen molar-refractivity contribution in [1.29, 1.82) is 0 Å². The Labute approximate surface area is 107 Å². The van der Waals surface area contributed by atoms with E-state index in [1.54, 1.807) is 0 Å². The lowest BCUT2D eigenvalue weighted by atomic mass is 9.91. The number of likely N-dealkylation sites (tertiary alicyclic amines) is 1. The van der Waals surface area contributed by atoms with E-state index in [9.17, 15) is 0 Å². The molecule has 0 radical (unpaired) electrons. The largest absolute Gasteiger partial charge is 0.383 e. The second-order valence-corrected chi connectivity index (χ2v) is 5.41. The molecule has 0 bridgehead atoms. The van der Waals surface area contributed by atoms with E-state index in [0.717, 1.165) is 25.6 Å². The first-order chi connectivity index (χ1) is 8.20. The van der Waals surface area contributed by atoms with Gasteiger partial charge in [-0.25, -0.2) is 0 Å². The molecule has 1 N–H and O–H groups in total. The predicted molar refractivity (Wildman–Crippen MR) is 73.4 cm³/mol. The van der Waals surface area contributed by atoms with Crippen LogP contribution in [-0.4, -0.2) is 50.3 Å². The first-order valence-corrected chi connectivity index (χ1v) is 7.16. The van der Waals surface area contributed by atoms with Gasteiger partial charge >= 0.3 is 0 Å². The molecule has 3 nitrogen and oxygen atoms in total. The number of nitrogens with zero attached hydrogens (tertiary/aromatic N) is 1. The molecule has 102 valence electrons. The van der Waals surface area contributed by atoms with Crippen LogP contribution in [0.25, 0.3) is 0 Å². The Morgan fingerprint density at radius 3 is 2.82 bits per heavy atom. The fourth-order valence-electron chi connectivity index (χ4n) is 2.79. The molecule has 1 saturated heterocycles. The Kier molecular flexibility index (Phi) is 7.09. The minimum absolute atomic E-state index is 0.532. The topological polar surface area (TPSA) is 24.5 Å². The first-order valence-electron chi connectivity index (χ1n) is 7.16. The maximum atomic E-state index is 5.39. The lowest BCUT2D eigenvalue weighted by Gasteiger charge is -2.42. The van der Waals surface area contributed by atoms with Crippen molar-refractivity contribution in [1.82, 2.24) is 10.2 Å². The van der Waals surface area contributed by atoms with Crippen LogP contribution in [-0.2, 0) is 4.74 Å². The first kappa shape index (κ1) is 14.9. The molecule has 3 unspecified atom stereocenters. The number of ether oxygens (including phenoxy) is 1. The number of nitrogens with one attached hydrogen (secondary N) is 1. The molecule has 1 aliphatic rings. The molecule has 1 rings (SSSR count). The molecule has 0 amide bonds. The van der Waals surface area contributed by atoms with E-state index in [1.807, 2.05) is 7.11 Å². The molecular formula is C14H30N2O. The summed E-state index contributed by atoms with van der Waals surface area (Å²) in [6, 6.07) is 1.22. The molecule has 0 saturated carbocycles. The van der Waals surface area contributed by atoms with Crippen LogP contribution in [0, 0.1) is 5.92 Å². The summed E-state index contributed by atoms with van der Waals surface area (Å²) in [6.45, 7) is 11.2. The summed E-state index contributed by atoms with van der Waals surface area (Å²) in [7, 11) is 1.81. The molecule has 0 aromatic rings. The summed E-state index contributed by atoms with van der Waals surface area (Å²) in [5.74, 6) is 0.814. The zero-order valence-electron chi connectivity index (χ0n) is 12.0. The van der Waals surface area contributed by atoms with Crippen LogP contribution in [0.4, 0.5) is 0 Å². The fourth-order valence-corrected chi connectivity index (χ4v) is 2.79. The van der Waals surface area contributed by atoms with Crippen molar-refractivity contribution < 1.29 is 4.74 Å². The number of methoxy groups -OCH3 is 1.